The molecular formula is C34H34BN5. The van der Waals surface area contributed by atoms with Gasteiger partial charge in [-0.05, 0) is 57.5 Å². The molecule has 5 aromatic rings. The molecule has 0 radical (unpaired) electrons. The smallest absolute Gasteiger partial charge is 0.242 e. The second-order valence-corrected chi connectivity index (χ2v) is 10.9. The van der Waals surface area contributed by atoms with Gasteiger partial charge >= 0.3 is 0 Å². The zero-order valence-corrected chi connectivity index (χ0v) is 23.8. The van der Waals surface area contributed by atoms with Crippen molar-refractivity contribution in [2.24, 2.45) is 5.10 Å². The van der Waals surface area contributed by atoms with E-state index < -0.39 is 0 Å². The Morgan fingerprint density at radius 2 is 1.38 bits per heavy atom. The lowest BCUT2D eigenvalue weighted by Crippen LogP contribution is -2.54. The van der Waals surface area contributed by atoms with E-state index in [-0.39, 0.29) is 6.71 Å². The molecule has 0 spiro atoms. The molecule has 40 heavy (non-hydrogen) atoms. The van der Waals surface area contributed by atoms with Crippen molar-refractivity contribution in [3.05, 3.63) is 120 Å². The van der Waals surface area contributed by atoms with Gasteiger partial charge in [0.15, 0.2) is 0 Å². The number of rotatable bonds is 6. The number of hydrogen-bond donors (Lipinski definition) is 0. The van der Waals surface area contributed by atoms with Crippen LogP contribution in [0.2, 0.25) is 0 Å². The van der Waals surface area contributed by atoms with Crippen LogP contribution in [-0.4, -0.2) is 41.4 Å². The van der Waals surface area contributed by atoms with E-state index in [0.29, 0.717) is 0 Å². The van der Waals surface area contributed by atoms with Gasteiger partial charge in [-0.1, -0.05) is 99.8 Å². The lowest BCUT2D eigenvalue weighted by Gasteiger charge is -2.23. The van der Waals surface area contributed by atoms with Crippen molar-refractivity contribution < 1.29 is 0 Å². The fourth-order valence-corrected chi connectivity index (χ4v) is 5.96. The zero-order chi connectivity index (χ0) is 27.8. The lowest BCUT2D eigenvalue weighted by molar-refractivity contribution is 0.549. The summed E-state index contributed by atoms with van der Waals surface area (Å²) in [6.07, 6.45) is 4.02. The molecule has 1 aliphatic heterocycles. The van der Waals surface area contributed by atoms with Gasteiger partial charge in [-0.2, -0.15) is 10.2 Å². The largest absolute Gasteiger partial charge is 0.345 e. The summed E-state index contributed by atoms with van der Waals surface area (Å²) >= 11 is 0. The van der Waals surface area contributed by atoms with Crippen LogP contribution in [0.5, 0.6) is 0 Å². The average Bonchev–Trinajstić information content (AvgIpc) is 3.57. The molecule has 6 rings (SSSR count). The van der Waals surface area contributed by atoms with Crippen molar-refractivity contribution in [3.63, 3.8) is 0 Å². The molecule has 198 valence electrons. The summed E-state index contributed by atoms with van der Waals surface area (Å²) in [5.74, 6) is 0. The molecule has 0 saturated carbocycles. The highest BCUT2D eigenvalue weighted by Gasteiger charge is 2.27. The first-order valence-electron chi connectivity index (χ1n) is 13.8. The summed E-state index contributed by atoms with van der Waals surface area (Å²) in [4.78, 5) is 2.08. The summed E-state index contributed by atoms with van der Waals surface area (Å²) in [6, 6.07) is 32.7. The molecule has 4 aromatic carbocycles. The first-order chi connectivity index (χ1) is 19.4. The van der Waals surface area contributed by atoms with E-state index in [2.05, 4.69) is 129 Å². The third kappa shape index (κ3) is 4.93. The van der Waals surface area contributed by atoms with E-state index in [4.69, 9.17) is 5.10 Å². The topological polar surface area (TPSA) is 36.7 Å². The highest BCUT2D eigenvalue weighted by Crippen LogP contribution is 2.24. The highest BCUT2D eigenvalue weighted by molar-refractivity contribution is 6.96. The van der Waals surface area contributed by atoms with E-state index in [1.807, 2.05) is 29.1 Å². The quantitative estimate of drug-likeness (QED) is 0.296. The molecule has 2 heterocycles. The molecule has 0 bridgehead atoms. The molecular weight excluding hydrogens is 489 g/mol. The number of hydrazone groups is 1. The number of benzene rings is 4. The Kier molecular flexibility index (Phi) is 6.77. The molecule has 0 amide bonds. The fourth-order valence-electron chi connectivity index (χ4n) is 5.96. The Morgan fingerprint density at radius 3 is 2.02 bits per heavy atom. The van der Waals surface area contributed by atoms with Gasteiger partial charge in [-0.3, -0.25) is 0 Å². The van der Waals surface area contributed by atoms with Gasteiger partial charge in [-0.15, -0.1) is 0 Å². The Morgan fingerprint density at radius 1 is 0.725 bits per heavy atom. The van der Waals surface area contributed by atoms with Crippen LogP contribution < -0.4 is 21.4 Å². The second-order valence-electron chi connectivity index (χ2n) is 10.9. The molecule has 1 aromatic heterocycles. The number of nitrogens with zero attached hydrogens (tertiary/aromatic N) is 5. The van der Waals surface area contributed by atoms with Gasteiger partial charge < -0.3 is 4.90 Å². The maximum absolute atomic E-state index is 4.91. The van der Waals surface area contributed by atoms with Crippen LogP contribution in [0.3, 0.4) is 0 Å². The Labute approximate surface area is 237 Å². The predicted molar refractivity (Wildman–Crippen MR) is 169 cm³/mol. The lowest BCUT2D eigenvalue weighted by atomic mass is 9.35. The molecule has 0 atom stereocenters. The summed E-state index contributed by atoms with van der Waals surface area (Å²) in [5, 5.41) is 11.5. The molecule has 1 aliphatic rings. The Balaban J connectivity index is 1.47. The number of anilines is 1. The molecule has 0 N–H and O–H groups in total. The van der Waals surface area contributed by atoms with Crippen LogP contribution in [0, 0.1) is 27.7 Å². The van der Waals surface area contributed by atoms with Crippen molar-refractivity contribution in [2.45, 2.75) is 27.7 Å². The van der Waals surface area contributed by atoms with Crippen molar-refractivity contribution in [2.75, 3.05) is 18.7 Å². The minimum absolute atomic E-state index is 0.0649. The molecule has 0 saturated heterocycles. The normalized spacial score (nSPS) is 12.8. The molecule has 5 nitrogen and oxygen atoms in total. The summed E-state index contributed by atoms with van der Waals surface area (Å²) in [5.41, 5.74) is 13.2. The van der Waals surface area contributed by atoms with Gasteiger partial charge in [0.1, 0.15) is 13.0 Å². The Hall–Kier alpha value is -4.58. The SMILES string of the molecule is Cc1cc(C)c(B(c2cccc(N3CN(C)C=N3)c2)c2cccc(-n3cc(-c4ccccc4)c(C)n3)c2)c(C)c1. The summed E-state index contributed by atoms with van der Waals surface area (Å²) in [7, 11) is 2.04. The van der Waals surface area contributed by atoms with E-state index in [1.54, 1.807) is 0 Å². The van der Waals surface area contributed by atoms with Crippen LogP contribution in [0.4, 0.5) is 5.69 Å². The van der Waals surface area contributed by atoms with Crippen molar-refractivity contribution in [1.82, 2.24) is 14.7 Å². The minimum Gasteiger partial charge on any atom is -0.345 e. The number of hydrogen-bond acceptors (Lipinski definition) is 4. The van der Waals surface area contributed by atoms with Gasteiger partial charge in [0.05, 0.1) is 17.1 Å². The van der Waals surface area contributed by atoms with Gasteiger partial charge in [0, 0.05) is 18.8 Å². The maximum Gasteiger partial charge on any atom is 0.242 e. The standard InChI is InChI=1S/C34H34BN5/c1-24-17-25(2)34(26(3)18-24)35(30-14-10-16-32(20-30)40-23-38(5)22-36-40)29-13-9-15-31(19-29)39-21-33(27(4)37-39)28-11-7-6-8-12-28/h6-22H,23H2,1-5H3. The second kappa shape index (κ2) is 10.5. The van der Waals surface area contributed by atoms with Gasteiger partial charge in [0.25, 0.3) is 0 Å². The highest BCUT2D eigenvalue weighted by atomic mass is 15.6. The average molecular weight is 523 g/mol. The van der Waals surface area contributed by atoms with Crippen LogP contribution in [0.15, 0.2) is 102 Å². The van der Waals surface area contributed by atoms with E-state index in [9.17, 15) is 0 Å². The molecule has 6 heteroatoms. The van der Waals surface area contributed by atoms with Crippen molar-refractivity contribution >= 4 is 35.1 Å². The molecule has 0 unspecified atom stereocenters. The molecule has 0 aliphatic carbocycles. The number of aryl methyl sites for hydroxylation is 4. The van der Waals surface area contributed by atoms with Gasteiger partial charge in [0.2, 0.25) is 6.71 Å². The van der Waals surface area contributed by atoms with E-state index >= 15 is 0 Å². The summed E-state index contributed by atoms with van der Waals surface area (Å²) in [6.45, 7) is 9.53. The maximum atomic E-state index is 4.91. The third-order valence-corrected chi connectivity index (χ3v) is 7.73. The fraction of sp³-hybridized carbons (Fsp3) is 0.176. The monoisotopic (exact) mass is 523 g/mol. The first-order valence-corrected chi connectivity index (χ1v) is 13.8. The minimum atomic E-state index is 0.0649. The predicted octanol–water partition coefficient (Wildman–Crippen LogP) is 4.94. The van der Waals surface area contributed by atoms with E-state index in [1.165, 1.54) is 38.6 Å². The third-order valence-electron chi connectivity index (χ3n) is 7.73. The number of aromatic nitrogens is 2. The van der Waals surface area contributed by atoms with Crippen LogP contribution >= 0.6 is 0 Å². The van der Waals surface area contributed by atoms with Crippen LogP contribution in [0.1, 0.15) is 22.4 Å². The van der Waals surface area contributed by atoms with Crippen molar-refractivity contribution in [1.29, 1.82) is 0 Å². The van der Waals surface area contributed by atoms with Gasteiger partial charge in [-0.25, -0.2) is 9.69 Å². The zero-order valence-electron chi connectivity index (χ0n) is 23.8. The molecule has 0 fully saturated rings. The first kappa shape index (κ1) is 25.7. The van der Waals surface area contributed by atoms with E-state index in [0.717, 1.165) is 29.3 Å². The van der Waals surface area contributed by atoms with Crippen LogP contribution in [0.25, 0.3) is 16.8 Å². The van der Waals surface area contributed by atoms with Crippen LogP contribution in [-0.2, 0) is 0 Å². The summed E-state index contributed by atoms with van der Waals surface area (Å²) < 4.78 is 2.01. The Bertz CT molecular complexity index is 1680. The van der Waals surface area contributed by atoms with Crippen molar-refractivity contribution in [3.8, 4) is 16.8 Å².